The van der Waals surface area contributed by atoms with E-state index in [9.17, 15) is 4.79 Å². The van der Waals surface area contributed by atoms with E-state index in [-0.39, 0.29) is 0 Å². The van der Waals surface area contributed by atoms with Gasteiger partial charge in [-0.3, -0.25) is 4.79 Å². The molecule has 1 rings (SSSR count). The van der Waals surface area contributed by atoms with Crippen molar-refractivity contribution in [2.24, 2.45) is 4.99 Å². The number of imidazole rings is 1. The Balaban J connectivity index is 2.84. The van der Waals surface area contributed by atoms with Gasteiger partial charge in [0.2, 0.25) is 0 Å². The average Bonchev–Trinajstić information content (AvgIpc) is 2.47. The second-order valence-electron chi connectivity index (χ2n) is 1.80. The van der Waals surface area contributed by atoms with E-state index >= 15 is 0 Å². The lowest BCUT2D eigenvalue weighted by atomic mass is 10.5. The molecular formula is C6H8N4O. The highest BCUT2D eigenvalue weighted by molar-refractivity contribution is 5.79. The Morgan fingerprint density at radius 2 is 2.64 bits per heavy atom. The van der Waals surface area contributed by atoms with Crippen molar-refractivity contribution in [2.45, 2.75) is 0 Å². The van der Waals surface area contributed by atoms with Crippen molar-refractivity contribution in [3.63, 3.8) is 0 Å². The molecule has 0 spiro atoms. The second kappa shape index (κ2) is 3.50. The SMILES string of the molecule is CN/C=N\c1nc[nH]c1C=O. The Kier molecular flexibility index (Phi) is 2.37. The molecule has 5 heteroatoms. The molecule has 0 saturated carbocycles. The van der Waals surface area contributed by atoms with Crippen LogP contribution in [-0.4, -0.2) is 29.6 Å². The fourth-order valence-electron chi connectivity index (χ4n) is 0.612. The number of nitrogens with one attached hydrogen (secondary N) is 2. The zero-order valence-electron chi connectivity index (χ0n) is 6.03. The van der Waals surface area contributed by atoms with Crippen LogP contribution in [0, 0.1) is 0 Å². The maximum Gasteiger partial charge on any atom is 0.182 e. The van der Waals surface area contributed by atoms with Crippen molar-refractivity contribution in [1.82, 2.24) is 15.3 Å². The van der Waals surface area contributed by atoms with E-state index < -0.39 is 0 Å². The number of carbonyl (C=O) groups is 1. The molecule has 0 unspecified atom stereocenters. The minimum absolute atomic E-state index is 0.386. The molecule has 0 fully saturated rings. The summed E-state index contributed by atoms with van der Waals surface area (Å²) in [4.78, 5) is 20.6. The number of hydrogen-bond acceptors (Lipinski definition) is 3. The molecular weight excluding hydrogens is 144 g/mol. The van der Waals surface area contributed by atoms with Crippen LogP contribution in [0.3, 0.4) is 0 Å². The van der Waals surface area contributed by atoms with Crippen LogP contribution in [-0.2, 0) is 0 Å². The highest BCUT2D eigenvalue weighted by Gasteiger charge is 1.99. The molecule has 11 heavy (non-hydrogen) atoms. The fraction of sp³-hybridized carbons (Fsp3) is 0.167. The number of aliphatic imine (C=N–C) groups is 1. The number of rotatable bonds is 3. The van der Waals surface area contributed by atoms with Crippen LogP contribution in [0.1, 0.15) is 10.5 Å². The molecule has 0 amide bonds. The van der Waals surface area contributed by atoms with Crippen LogP contribution in [0.25, 0.3) is 0 Å². The van der Waals surface area contributed by atoms with Gasteiger partial charge in [-0.15, -0.1) is 0 Å². The first kappa shape index (κ1) is 7.46. The van der Waals surface area contributed by atoms with Crippen molar-refractivity contribution >= 4 is 18.4 Å². The Morgan fingerprint density at radius 1 is 1.82 bits per heavy atom. The van der Waals surface area contributed by atoms with Gasteiger partial charge in [0.05, 0.1) is 12.7 Å². The summed E-state index contributed by atoms with van der Waals surface area (Å²) in [6.45, 7) is 0. The lowest BCUT2D eigenvalue weighted by Crippen LogP contribution is -1.99. The van der Waals surface area contributed by atoms with Crippen molar-refractivity contribution < 1.29 is 4.79 Å². The van der Waals surface area contributed by atoms with Crippen LogP contribution < -0.4 is 5.32 Å². The molecule has 5 nitrogen and oxygen atoms in total. The number of H-pyrrole nitrogens is 1. The van der Waals surface area contributed by atoms with Gasteiger partial charge < -0.3 is 10.3 Å². The summed E-state index contributed by atoms with van der Waals surface area (Å²) in [6, 6.07) is 0. The van der Waals surface area contributed by atoms with Gasteiger partial charge in [-0.2, -0.15) is 0 Å². The molecule has 2 N–H and O–H groups in total. The molecule has 0 aliphatic heterocycles. The number of aromatic amines is 1. The molecule has 1 aromatic heterocycles. The largest absolute Gasteiger partial charge is 0.379 e. The number of hydrogen-bond donors (Lipinski definition) is 2. The quantitative estimate of drug-likeness (QED) is 0.366. The van der Waals surface area contributed by atoms with Crippen LogP contribution in [0.15, 0.2) is 11.3 Å². The van der Waals surface area contributed by atoms with Crippen molar-refractivity contribution in [3.05, 3.63) is 12.0 Å². The van der Waals surface area contributed by atoms with Gasteiger partial charge in [0.25, 0.3) is 0 Å². The number of aromatic nitrogens is 2. The maximum atomic E-state index is 10.3. The standard InChI is InChI=1S/C6H8N4O/c1-7-3-9-6-5(2-11)8-4-10-6/h2-4H,1H3,(H,7,9)(H,8,10). The lowest BCUT2D eigenvalue weighted by molar-refractivity contribution is 0.112. The zero-order chi connectivity index (χ0) is 8.10. The molecule has 0 aromatic carbocycles. The first-order valence-electron chi connectivity index (χ1n) is 3.07. The highest BCUT2D eigenvalue weighted by atomic mass is 16.1. The smallest absolute Gasteiger partial charge is 0.182 e. The molecule has 0 saturated heterocycles. The summed E-state index contributed by atoms with van der Waals surface area (Å²) >= 11 is 0. The van der Waals surface area contributed by atoms with E-state index in [4.69, 9.17) is 0 Å². The van der Waals surface area contributed by atoms with Crippen LogP contribution in [0.4, 0.5) is 5.82 Å². The van der Waals surface area contributed by atoms with E-state index in [1.165, 1.54) is 12.7 Å². The first-order valence-corrected chi connectivity index (χ1v) is 3.07. The Labute approximate surface area is 63.6 Å². The third-order valence-electron chi connectivity index (χ3n) is 1.08. The normalized spacial score (nSPS) is 10.3. The van der Waals surface area contributed by atoms with Crippen LogP contribution in [0.2, 0.25) is 0 Å². The molecule has 0 aliphatic rings. The van der Waals surface area contributed by atoms with Gasteiger partial charge >= 0.3 is 0 Å². The third-order valence-corrected chi connectivity index (χ3v) is 1.08. The topological polar surface area (TPSA) is 70.1 Å². The molecule has 0 atom stereocenters. The Hall–Kier alpha value is -1.65. The van der Waals surface area contributed by atoms with Gasteiger partial charge in [-0.25, -0.2) is 9.98 Å². The number of carbonyl (C=O) groups excluding carboxylic acids is 1. The third kappa shape index (κ3) is 1.64. The van der Waals surface area contributed by atoms with Crippen molar-refractivity contribution in [3.8, 4) is 0 Å². The average molecular weight is 152 g/mol. The van der Waals surface area contributed by atoms with E-state index in [0.29, 0.717) is 17.8 Å². The summed E-state index contributed by atoms with van der Waals surface area (Å²) in [7, 11) is 1.72. The van der Waals surface area contributed by atoms with Crippen molar-refractivity contribution in [2.75, 3.05) is 7.05 Å². The Morgan fingerprint density at radius 3 is 3.27 bits per heavy atom. The lowest BCUT2D eigenvalue weighted by Gasteiger charge is -1.86. The Bertz CT molecular complexity index is 265. The summed E-state index contributed by atoms with van der Waals surface area (Å²) in [5.74, 6) is 0.398. The summed E-state index contributed by atoms with van der Waals surface area (Å²) in [5.41, 5.74) is 0.386. The zero-order valence-corrected chi connectivity index (χ0v) is 6.03. The minimum Gasteiger partial charge on any atom is -0.379 e. The molecule has 1 aromatic rings. The number of aldehydes is 1. The molecule has 58 valence electrons. The molecule has 0 aliphatic carbocycles. The first-order chi connectivity index (χ1) is 5.38. The molecule has 0 radical (unpaired) electrons. The van der Waals surface area contributed by atoms with Crippen LogP contribution in [0.5, 0.6) is 0 Å². The highest BCUT2D eigenvalue weighted by Crippen LogP contribution is 2.08. The summed E-state index contributed by atoms with van der Waals surface area (Å²) < 4.78 is 0. The predicted molar refractivity (Wildman–Crippen MR) is 41.2 cm³/mol. The van der Waals surface area contributed by atoms with Crippen molar-refractivity contribution in [1.29, 1.82) is 0 Å². The van der Waals surface area contributed by atoms with Gasteiger partial charge in [-0.05, 0) is 0 Å². The van der Waals surface area contributed by atoms with E-state index in [1.807, 2.05) is 0 Å². The predicted octanol–water partition coefficient (Wildman–Crippen LogP) is 0.101. The van der Waals surface area contributed by atoms with Gasteiger partial charge in [0.1, 0.15) is 5.69 Å². The molecule has 0 bridgehead atoms. The van der Waals surface area contributed by atoms with E-state index in [0.717, 1.165) is 0 Å². The van der Waals surface area contributed by atoms with Gasteiger partial charge in [0, 0.05) is 7.05 Å². The van der Waals surface area contributed by atoms with Gasteiger partial charge in [0.15, 0.2) is 12.1 Å². The maximum absolute atomic E-state index is 10.3. The fourth-order valence-corrected chi connectivity index (χ4v) is 0.612. The monoisotopic (exact) mass is 152 g/mol. The minimum atomic E-state index is 0.386. The summed E-state index contributed by atoms with van der Waals surface area (Å²) in [6.07, 6.45) is 3.56. The van der Waals surface area contributed by atoms with E-state index in [2.05, 4.69) is 20.3 Å². The summed E-state index contributed by atoms with van der Waals surface area (Å²) in [5, 5.41) is 2.70. The van der Waals surface area contributed by atoms with Crippen LogP contribution >= 0.6 is 0 Å². The molecule has 1 heterocycles. The van der Waals surface area contributed by atoms with E-state index in [1.54, 1.807) is 7.05 Å². The second-order valence-corrected chi connectivity index (χ2v) is 1.80. The number of nitrogens with zero attached hydrogens (tertiary/aromatic N) is 2. The van der Waals surface area contributed by atoms with Gasteiger partial charge in [-0.1, -0.05) is 0 Å².